The number of fused-ring (bicyclic) bond motifs is 9. The van der Waals surface area contributed by atoms with E-state index in [-0.39, 0.29) is 5.41 Å². The van der Waals surface area contributed by atoms with Gasteiger partial charge in [0.2, 0.25) is 0 Å². The lowest BCUT2D eigenvalue weighted by molar-refractivity contribution is 0.762. The maximum atomic E-state index is 6.56. The predicted octanol–water partition coefficient (Wildman–Crippen LogP) is 6.80. The zero-order valence-electron chi connectivity index (χ0n) is 15.5. The third-order valence-electron chi connectivity index (χ3n) is 6.51. The summed E-state index contributed by atoms with van der Waals surface area (Å²) in [6.07, 6.45) is 2.13. The van der Waals surface area contributed by atoms with Crippen LogP contribution in [0.4, 0.5) is 0 Å². The molecule has 0 aromatic heterocycles. The van der Waals surface area contributed by atoms with E-state index in [1.165, 1.54) is 44.5 Å². The first-order chi connectivity index (χ1) is 13.8. The van der Waals surface area contributed by atoms with Crippen molar-refractivity contribution in [2.45, 2.75) is 18.3 Å². The summed E-state index contributed by atoms with van der Waals surface area (Å²) in [6.45, 7) is 0. The Kier molecular flexibility index (Phi) is 3.36. The van der Waals surface area contributed by atoms with Gasteiger partial charge in [0.05, 0.1) is 5.41 Å². The van der Waals surface area contributed by atoms with Gasteiger partial charge in [-0.1, -0.05) is 90.5 Å². The van der Waals surface area contributed by atoms with Crippen molar-refractivity contribution in [1.82, 2.24) is 0 Å². The minimum Gasteiger partial charge on any atom is -0.0843 e. The lowest BCUT2D eigenvalue weighted by Crippen LogP contribution is -2.29. The first-order valence-electron chi connectivity index (χ1n) is 9.87. The molecule has 0 atom stereocenters. The van der Waals surface area contributed by atoms with E-state index >= 15 is 0 Å². The van der Waals surface area contributed by atoms with E-state index in [9.17, 15) is 0 Å². The number of hydrogen-bond donors (Lipinski definition) is 0. The van der Waals surface area contributed by atoms with Crippen LogP contribution in [0.25, 0.3) is 11.1 Å². The minimum absolute atomic E-state index is 0.305. The standard InChI is InChI=1S/C27H19Cl/c28-20-15-16-22-21-9-3-6-12-25(21)27(26(22)17-20)23-10-4-1-7-18(23)13-14-19-8-2-5-11-24(19)27/h1-12,15-17H,13-14H2. The zero-order chi connectivity index (χ0) is 18.7. The SMILES string of the molecule is Clc1ccc2c(c1)C1(c3ccccc3CCc3ccccc31)c1ccccc1-2. The Labute approximate surface area is 170 Å². The molecule has 0 saturated carbocycles. The molecule has 0 amide bonds. The molecule has 0 fully saturated rings. The van der Waals surface area contributed by atoms with Crippen molar-refractivity contribution in [3.63, 3.8) is 0 Å². The molecule has 28 heavy (non-hydrogen) atoms. The fourth-order valence-corrected chi connectivity index (χ4v) is 5.63. The molecule has 0 heterocycles. The van der Waals surface area contributed by atoms with Crippen molar-refractivity contribution in [3.8, 4) is 11.1 Å². The van der Waals surface area contributed by atoms with E-state index in [2.05, 4.69) is 84.9 Å². The average Bonchev–Trinajstić information content (AvgIpc) is 2.93. The first kappa shape index (κ1) is 16.2. The Bertz CT molecular complexity index is 1190. The Hall–Kier alpha value is -2.83. The summed E-state index contributed by atoms with van der Waals surface area (Å²) in [6, 6.07) is 33.2. The van der Waals surface area contributed by atoms with Crippen LogP contribution in [0.2, 0.25) is 5.02 Å². The van der Waals surface area contributed by atoms with Crippen molar-refractivity contribution < 1.29 is 0 Å². The second kappa shape index (κ2) is 5.83. The van der Waals surface area contributed by atoms with Crippen LogP contribution in [0.5, 0.6) is 0 Å². The van der Waals surface area contributed by atoms with Gasteiger partial charge in [0, 0.05) is 5.02 Å². The molecule has 1 spiro atoms. The topological polar surface area (TPSA) is 0 Å². The van der Waals surface area contributed by atoms with Crippen molar-refractivity contribution in [1.29, 1.82) is 0 Å². The fourth-order valence-electron chi connectivity index (χ4n) is 5.45. The van der Waals surface area contributed by atoms with E-state index in [4.69, 9.17) is 11.6 Å². The summed E-state index contributed by atoms with van der Waals surface area (Å²) in [4.78, 5) is 0. The molecule has 0 aliphatic heterocycles. The summed E-state index contributed by atoms with van der Waals surface area (Å²) in [5.74, 6) is 0. The number of aryl methyl sites for hydroxylation is 2. The second-order valence-electron chi connectivity index (χ2n) is 7.80. The van der Waals surface area contributed by atoms with Gasteiger partial charge in [-0.15, -0.1) is 0 Å². The van der Waals surface area contributed by atoms with E-state index < -0.39 is 0 Å². The van der Waals surface area contributed by atoms with E-state index in [0.717, 1.165) is 17.9 Å². The summed E-state index contributed by atoms with van der Waals surface area (Å²) in [7, 11) is 0. The average molecular weight is 379 g/mol. The molecule has 0 radical (unpaired) electrons. The highest BCUT2D eigenvalue weighted by Crippen LogP contribution is 2.58. The van der Waals surface area contributed by atoms with Gasteiger partial charge >= 0.3 is 0 Å². The van der Waals surface area contributed by atoms with Crippen LogP contribution >= 0.6 is 11.6 Å². The van der Waals surface area contributed by atoms with E-state index in [0.29, 0.717) is 0 Å². The normalized spacial score (nSPS) is 15.3. The molecule has 6 rings (SSSR count). The quantitative estimate of drug-likeness (QED) is 0.278. The highest BCUT2D eigenvalue weighted by molar-refractivity contribution is 6.30. The molecule has 134 valence electrons. The molecule has 2 aliphatic carbocycles. The van der Waals surface area contributed by atoms with Gasteiger partial charge in [-0.3, -0.25) is 0 Å². The van der Waals surface area contributed by atoms with E-state index in [1.54, 1.807) is 0 Å². The maximum Gasteiger partial charge on any atom is 0.0719 e. The van der Waals surface area contributed by atoms with Crippen LogP contribution in [-0.4, -0.2) is 0 Å². The highest BCUT2D eigenvalue weighted by Gasteiger charge is 2.48. The van der Waals surface area contributed by atoms with E-state index in [1.807, 2.05) is 6.07 Å². The van der Waals surface area contributed by atoms with Gasteiger partial charge in [0.1, 0.15) is 0 Å². The van der Waals surface area contributed by atoms with Crippen LogP contribution < -0.4 is 0 Å². The molecule has 2 aliphatic rings. The van der Waals surface area contributed by atoms with Crippen LogP contribution in [0.1, 0.15) is 33.4 Å². The first-order valence-corrected chi connectivity index (χ1v) is 10.2. The van der Waals surface area contributed by atoms with Crippen molar-refractivity contribution in [2.75, 3.05) is 0 Å². The molecule has 0 bridgehead atoms. The molecule has 0 unspecified atom stereocenters. The summed E-state index contributed by atoms with van der Waals surface area (Å²) < 4.78 is 0. The molecule has 0 nitrogen and oxygen atoms in total. The zero-order valence-corrected chi connectivity index (χ0v) is 16.2. The largest absolute Gasteiger partial charge is 0.0843 e. The van der Waals surface area contributed by atoms with Gasteiger partial charge in [0.25, 0.3) is 0 Å². The number of benzene rings is 4. The van der Waals surface area contributed by atoms with Crippen LogP contribution in [0.15, 0.2) is 91.0 Å². The van der Waals surface area contributed by atoms with Crippen molar-refractivity contribution in [3.05, 3.63) is 129 Å². The fraction of sp³-hybridized carbons (Fsp3) is 0.111. The molecule has 4 aromatic carbocycles. The summed E-state index contributed by atoms with van der Waals surface area (Å²) >= 11 is 6.56. The minimum atomic E-state index is -0.305. The van der Waals surface area contributed by atoms with Gasteiger partial charge < -0.3 is 0 Å². The highest BCUT2D eigenvalue weighted by atomic mass is 35.5. The Morgan fingerprint density at radius 2 is 1.07 bits per heavy atom. The molecule has 4 aromatic rings. The Morgan fingerprint density at radius 3 is 1.75 bits per heavy atom. The molecular formula is C27H19Cl. The third-order valence-corrected chi connectivity index (χ3v) is 6.75. The number of hydrogen-bond acceptors (Lipinski definition) is 0. The van der Waals surface area contributed by atoms with Gasteiger partial charge in [-0.25, -0.2) is 0 Å². The van der Waals surface area contributed by atoms with Crippen molar-refractivity contribution in [2.24, 2.45) is 0 Å². The van der Waals surface area contributed by atoms with Gasteiger partial charge in [0.15, 0.2) is 0 Å². The second-order valence-corrected chi connectivity index (χ2v) is 8.24. The smallest absolute Gasteiger partial charge is 0.0719 e. The lowest BCUT2D eigenvalue weighted by Gasteiger charge is -2.35. The van der Waals surface area contributed by atoms with Gasteiger partial charge in [-0.2, -0.15) is 0 Å². The summed E-state index contributed by atoms with van der Waals surface area (Å²) in [5.41, 5.74) is 10.6. The monoisotopic (exact) mass is 378 g/mol. The van der Waals surface area contributed by atoms with Gasteiger partial charge in [-0.05, 0) is 69.5 Å². The number of rotatable bonds is 0. The van der Waals surface area contributed by atoms with Crippen LogP contribution in [0, 0.1) is 0 Å². The molecule has 0 saturated heterocycles. The lowest BCUT2D eigenvalue weighted by atomic mass is 9.66. The van der Waals surface area contributed by atoms with Crippen molar-refractivity contribution >= 4 is 11.6 Å². The predicted molar refractivity (Wildman–Crippen MR) is 116 cm³/mol. The Morgan fingerprint density at radius 1 is 0.536 bits per heavy atom. The third kappa shape index (κ3) is 1.96. The number of halogens is 1. The molecule has 0 N–H and O–H groups in total. The van der Waals surface area contributed by atoms with Crippen LogP contribution in [-0.2, 0) is 18.3 Å². The Balaban J connectivity index is 1.87. The molecular weight excluding hydrogens is 360 g/mol. The van der Waals surface area contributed by atoms with Crippen LogP contribution in [0.3, 0.4) is 0 Å². The summed E-state index contributed by atoms with van der Waals surface area (Å²) in [5, 5.41) is 0.796. The maximum absolute atomic E-state index is 6.56. The molecule has 1 heteroatoms.